The molecule has 106 valence electrons. The number of Topliss-reactive ketones (excluding diaryl/α,β-unsaturated/α-hetero) is 1. The van der Waals surface area contributed by atoms with E-state index in [0.717, 1.165) is 5.75 Å². The van der Waals surface area contributed by atoms with Crippen molar-refractivity contribution in [2.24, 2.45) is 7.05 Å². The molecule has 1 aromatic heterocycles. The fourth-order valence-corrected chi connectivity index (χ4v) is 5.15. The topological polar surface area (TPSA) is 59.4 Å². The summed E-state index contributed by atoms with van der Waals surface area (Å²) in [5, 5.41) is -0.546. The van der Waals surface area contributed by atoms with E-state index in [1.165, 1.54) is 6.26 Å². The first-order valence-corrected chi connectivity index (χ1v) is 9.15. The van der Waals surface area contributed by atoms with Crippen LogP contribution < -0.4 is 0 Å². The first-order chi connectivity index (χ1) is 8.89. The van der Waals surface area contributed by atoms with Gasteiger partial charge in [-0.25, -0.2) is 8.42 Å². The van der Waals surface area contributed by atoms with E-state index in [-0.39, 0.29) is 12.3 Å². The van der Waals surface area contributed by atoms with Gasteiger partial charge in [0, 0.05) is 37.6 Å². The zero-order valence-electron chi connectivity index (χ0n) is 11.1. The van der Waals surface area contributed by atoms with Gasteiger partial charge in [0.1, 0.15) is 5.37 Å². The van der Waals surface area contributed by atoms with Crippen LogP contribution in [0.1, 0.15) is 10.5 Å². The van der Waals surface area contributed by atoms with Gasteiger partial charge in [0.05, 0.1) is 12.2 Å². The monoisotopic (exact) mass is 302 g/mol. The Labute approximate surface area is 117 Å². The van der Waals surface area contributed by atoms with Crippen LogP contribution in [-0.4, -0.2) is 59.9 Å². The fraction of sp³-hybridized carbons (Fsp3) is 0.583. The highest BCUT2D eigenvalue weighted by Gasteiger charge is 2.32. The number of rotatable bonds is 4. The third kappa shape index (κ3) is 3.40. The summed E-state index contributed by atoms with van der Waals surface area (Å²) in [6, 6.07) is 3.57. The largest absolute Gasteiger partial charge is 0.348 e. The smallest absolute Gasteiger partial charge is 0.193 e. The van der Waals surface area contributed by atoms with E-state index in [1.54, 1.807) is 27.3 Å². The Morgan fingerprint density at radius 3 is 2.84 bits per heavy atom. The van der Waals surface area contributed by atoms with Crippen LogP contribution in [0.4, 0.5) is 0 Å². The highest BCUT2D eigenvalue weighted by atomic mass is 32.2. The molecule has 0 spiro atoms. The number of ketones is 1. The van der Waals surface area contributed by atoms with E-state index in [9.17, 15) is 13.2 Å². The number of thioether (sulfide) groups is 1. The summed E-state index contributed by atoms with van der Waals surface area (Å²) in [4.78, 5) is 14.0. The number of aromatic nitrogens is 1. The number of aryl methyl sites for hydroxylation is 1. The second kappa shape index (κ2) is 5.68. The van der Waals surface area contributed by atoms with Crippen molar-refractivity contribution in [1.29, 1.82) is 0 Å². The minimum Gasteiger partial charge on any atom is -0.348 e. The van der Waals surface area contributed by atoms with E-state index >= 15 is 0 Å². The molecule has 1 atom stereocenters. The lowest BCUT2D eigenvalue weighted by Crippen LogP contribution is -2.48. The number of carbonyl (C=O) groups excluding carboxylic acids is 1. The summed E-state index contributed by atoms with van der Waals surface area (Å²) in [5.41, 5.74) is 0.616. The van der Waals surface area contributed by atoms with E-state index in [2.05, 4.69) is 0 Å². The number of hydrogen-bond donors (Lipinski definition) is 0. The fourth-order valence-electron chi connectivity index (χ4n) is 2.21. The van der Waals surface area contributed by atoms with Crippen LogP contribution in [0.5, 0.6) is 0 Å². The zero-order chi connectivity index (χ0) is 14.0. The van der Waals surface area contributed by atoms with Gasteiger partial charge >= 0.3 is 0 Å². The molecule has 1 saturated heterocycles. The molecule has 0 N–H and O–H groups in total. The predicted octanol–water partition coefficient (Wildman–Crippen LogP) is 0.627. The molecule has 0 aliphatic carbocycles. The Hall–Kier alpha value is -0.790. The molecule has 1 aliphatic heterocycles. The van der Waals surface area contributed by atoms with E-state index < -0.39 is 15.2 Å². The van der Waals surface area contributed by atoms with Gasteiger partial charge in [-0.2, -0.15) is 11.8 Å². The highest BCUT2D eigenvalue weighted by Crippen LogP contribution is 2.20. The number of nitrogens with zero attached hydrogens (tertiary/aromatic N) is 2. The molecule has 0 bridgehead atoms. The van der Waals surface area contributed by atoms with Crippen molar-refractivity contribution in [2.45, 2.75) is 5.37 Å². The van der Waals surface area contributed by atoms with Crippen LogP contribution in [0.25, 0.3) is 0 Å². The average Bonchev–Trinajstić information content (AvgIpc) is 2.75. The van der Waals surface area contributed by atoms with Crippen molar-refractivity contribution in [3.63, 3.8) is 0 Å². The molecule has 1 aromatic rings. The van der Waals surface area contributed by atoms with Crippen molar-refractivity contribution in [2.75, 3.05) is 30.9 Å². The summed E-state index contributed by atoms with van der Waals surface area (Å²) in [6.45, 7) is 0.800. The standard InChI is InChI=1S/C12H18N2O3S2/c1-13-5-3-4-10(13)11(15)8-14-6-7-18-9-12(14)19(2,16)17/h3-5,12H,6-9H2,1-2H3. The van der Waals surface area contributed by atoms with Gasteiger partial charge in [-0.3, -0.25) is 9.69 Å². The van der Waals surface area contributed by atoms with Gasteiger partial charge in [-0.15, -0.1) is 0 Å². The lowest BCUT2D eigenvalue weighted by atomic mass is 10.2. The molecule has 0 aromatic carbocycles. The average molecular weight is 302 g/mol. The first-order valence-electron chi connectivity index (χ1n) is 6.05. The Morgan fingerprint density at radius 1 is 1.53 bits per heavy atom. The molecule has 1 unspecified atom stereocenters. The molecule has 2 rings (SSSR count). The van der Waals surface area contributed by atoms with Gasteiger partial charge in [0.25, 0.3) is 0 Å². The van der Waals surface area contributed by atoms with E-state index in [0.29, 0.717) is 18.0 Å². The Morgan fingerprint density at radius 2 is 2.26 bits per heavy atom. The van der Waals surface area contributed by atoms with Crippen LogP contribution >= 0.6 is 11.8 Å². The molecular weight excluding hydrogens is 284 g/mol. The second-order valence-electron chi connectivity index (χ2n) is 4.76. The molecule has 5 nitrogen and oxygen atoms in total. The number of hydrogen-bond acceptors (Lipinski definition) is 5. The second-order valence-corrected chi connectivity index (χ2v) is 8.11. The third-order valence-corrected chi connectivity index (χ3v) is 5.95. The Kier molecular flexibility index (Phi) is 4.37. The zero-order valence-corrected chi connectivity index (χ0v) is 12.7. The molecule has 19 heavy (non-hydrogen) atoms. The van der Waals surface area contributed by atoms with Crippen molar-refractivity contribution >= 4 is 27.4 Å². The maximum Gasteiger partial charge on any atom is 0.193 e. The SMILES string of the molecule is Cn1cccc1C(=O)CN1CCSCC1S(C)(=O)=O. The minimum absolute atomic E-state index is 0.0342. The summed E-state index contributed by atoms with van der Waals surface area (Å²) < 4.78 is 25.3. The molecule has 7 heteroatoms. The molecule has 1 fully saturated rings. The van der Waals surface area contributed by atoms with Crippen molar-refractivity contribution in [3.8, 4) is 0 Å². The van der Waals surface area contributed by atoms with Crippen LogP contribution in [0, 0.1) is 0 Å². The Bertz CT molecular complexity index is 565. The van der Waals surface area contributed by atoms with Gasteiger partial charge in [-0.1, -0.05) is 0 Å². The maximum atomic E-state index is 12.2. The van der Waals surface area contributed by atoms with E-state index in [1.807, 2.05) is 19.3 Å². The van der Waals surface area contributed by atoms with Crippen molar-refractivity contribution in [1.82, 2.24) is 9.47 Å². The molecule has 2 heterocycles. The van der Waals surface area contributed by atoms with Gasteiger partial charge in [0.15, 0.2) is 15.6 Å². The summed E-state index contributed by atoms with van der Waals surface area (Å²) in [5.74, 6) is 1.37. The minimum atomic E-state index is -3.15. The molecule has 0 amide bonds. The van der Waals surface area contributed by atoms with Crippen LogP contribution in [0.2, 0.25) is 0 Å². The summed E-state index contributed by atoms with van der Waals surface area (Å²) in [7, 11) is -1.34. The van der Waals surface area contributed by atoms with Gasteiger partial charge in [0.2, 0.25) is 0 Å². The lowest BCUT2D eigenvalue weighted by Gasteiger charge is -2.33. The van der Waals surface area contributed by atoms with Crippen molar-refractivity contribution in [3.05, 3.63) is 24.0 Å². The van der Waals surface area contributed by atoms with Gasteiger partial charge < -0.3 is 4.57 Å². The molecule has 1 aliphatic rings. The third-order valence-electron chi connectivity index (χ3n) is 3.26. The molecule has 0 radical (unpaired) electrons. The Balaban J connectivity index is 2.12. The van der Waals surface area contributed by atoms with Crippen LogP contribution in [0.3, 0.4) is 0 Å². The van der Waals surface area contributed by atoms with Gasteiger partial charge in [-0.05, 0) is 12.1 Å². The quantitative estimate of drug-likeness (QED) is 0.764. The normalized spacial score (nSPS) is 21.5. The summed E-state index contributed by atoms with van der Waals surface area (Å²) >= 11 is 1.62. The lowest BCUT2D eigenvalue weighted by molar-refractivity contribution is 0.0920. The molecular formula is C12H18N2O3S2. The van der Waals surface area contributed by atoms with Crippen molar-refractivity contribution < 1.29 is 13.2 Å². The maximum absolute atomic E-state index is 12.2. The van der Waals surface area contributed by atoms with Crippen LogP contribution in [0.15, 0.2) is 18.3 Å². The first kappa shape index (κ1) is 14.6. The number of sulfone groups is 1. The predicted molar refractivity (Wildman–Crippen MR) is 77.3 cm³/mol. The summed E-state index contributed by atoms with van der Waals surface area (Å²) in [6.07, 6.45) is 3.05. The van der Waals surface area contributed by atoms with Crippen LogP contribution in [-0.2, 0) is 16.9 Å². The van der Waals surface area contributed by atoms with E-state index in [4.69, 9.17) is 0 Å². The highest BCUT2D eigenvalue weighted by molar-refractivity contribution is 8.00. The molecule has 0 saturated carbocycles. The number of carbonyl (C=O) groups is 1.